The number of fused-ring (bicyclic) bond motifs is 2. The lowest BCUT2D eigenvalue weighted by atomic mass is 10.2. The number of aromatic nitrogens is 2. The summed E-state index contributed by atoms with van der Waals surface area (Å²) in [6.45, 7) is 3.84. The molecule has 35 heavy (non-hydrogen) atoms. The van der Waals surface area contributed by atoms with Gasteiger partial charge in [0.2, 0.25) is 5.82 Å². The van der Waals surface area contributed by atoms with Gasteiger partial charge in [0.05, 0.1) is 27.7 Å². The van der Waals surface area contributed by atoms with E-state index in [1.165, 1.54) is 10.9 Å². The standard InChI is InChI=1S/C26H18BrCl2N3O3/c1-14(2)34-24-16(10-18(29)12-20(24)27)13-30-32-25(31-21-6-4-3-5-19(21)26(32)33)23-11-15-9-17(28)7-8-22(15)35-23/h3-14H,1-2H3. The molecular formula is C26H18BrCl2N3O3. The van der Waals surface area contributed by atoms with Crippen molar-refractivity contribution in [1.29, 1.82) is 0 Å². The Kier molecular flexibility index (Phi) is 6.40. The summed E-state index contributed by atoms with van der Waals surface area (Å²) in [5.41, 5.74) is 1.41. The summed E-state index contributed by atoms with van der Waals surface area (Å²) in [6.07, 6.45) is 1.44. The van der Waals surface area contributed by atoms with Crippen molar-refractivity contribution in [1.82, 2.24) is 9.66 Å². The monoisotopic (exact) mass is 569 g/mol. The van der Waals surface area contributed by atoms with Crippen LogP contribution < -0.4 is 10.3 Å². The second kappa shape index (κ2) is 9.49. The summed E-state index contributed by atoms with van der Waals surface area (Å²) >= 11 is 15.9. The number of nitrogens with zero attached hydrogens (tertiary/aromatic N) is 3. The van der Waals surface area contributed by atoms with Gasteiger partial charge in [-0.05, 0) is 78.3 Å². The number of para-hydroxylation sites is 1. The highest BCUT2D eigenvalue weighted by molar-refractivity contribution is 9.10. The van der Waals surface area contributed by atoms with E-state index in [2.05, 4.69) is 21.0 Å². The smallest absolute Gasteiger partial charge is 0.282 e. The Morgan fingerprint density at radius 3 is 2.69 bits per heavy atom. The number of benzene rings is 3. The number of hydrogen-bond acceptors (Lipinski definition) is 5. The quantitative estimate of drug-likeness (QED) is 0.205. The van der Waals surface area contributed by atoms with Gasteiger partial charge in [-0.3, -0.25) is 4.79 Å². The van der Waals surface area contributed by atoms with Crippen LogP contribution >= 0.6 is 39.1 Å². The Hall–Kier alpha value is -3.13. The van der Waals surface area contributed by atoms with E-state index in [4.69, 9.17) is 37.3 Å². The molecule has 0 N–H and O–H groups in total. The molecule has 176 valence electrons. The molecular weight excluding hydrogens is 553 g/mol. The lowest BCUT2D eigenvalue weighted by Crippen LogP contribution is -2.20. The Balaban J connectivity index is 1.73. The zero-order chi connectivity index (χ0) is 24.7. The summed E-state index contributed by atoms with van der Waals surface area (Å²) < 4.78 is 13.9. The van der Waals surface area contributed by atoms with Crippen LogP contribution in [0.15, 0.2) is 79.4 Å². The highest BCUT2D eigenvalue weighted by Gasteiger charge is 2.17. The number of furan rings is 1. The van der Waals surface area contributed by atoms with E-state index >= 15 is 0 Å². The summed E-state index contributed by atoms with van der Waals surface area (Å²) in [5, 5.41) is 6.80. The minimum absolute atomic E-state index is 0.0809. The lowest BCUT2D eigenvalue weighted by Gasteiger charge is -2.14. The van der Waals surface area contributed by atoms with Gasteiger partial charge in [0, 0.05) is 21.0 Å². The van der Waals surface area contributed by atoms with Gasteiger partial charge in [0.1, 0.15) is 11.3 Å². The molecule has 0 spiro atoms. The van der Waals surface area contributed by atoms with Crippen LogP contribution in [-0.4, -0.2) is 22.0 Å². The van der Waals surface area contributed by atoms with E-state index in [1.54, 1.807) is 54.6 Å². The van der Waals surface area contributed by atoms with Crippen molar-refractivity contribution >= 4 is 67.2 Å². The molecule has 0 fully saturated rings. The first kappa shape index (κ1) is 23.6. The van der Waals surface area contributed by atoms with Crippen LogP contribution in [0.3, 0.4) is 0 Å². The Morgan fingerprint density at radius 2 is 1.89 bits per heavy atom. The van der Waals surface area contributed by atoms with Gasteiger partial charge >= 0.3 is 0 Å². The van der Waals surface area contributed by atoms with Crippen LogP contribution in [0.5, 0.6) is 5.75 Å². The van der Waals surface area contributed by atoms with Gasteiger partial charge in [-0.25, -0.2) is 4.98 Å². The Morgan fingerprint density at radius 1 is 1.09 bits per heavy atom. The first-order chi connectivity index (χ1) is 16.8. The zero-order valence-electron chi connectivity index (χ0n) is 18.6. The fraction of sp³-hybridized carbons (Fsp3) is 0.115. The van der Waals surface area contributed by atoms with Gasteiger partial charge in [-0.2, -0.15) is 9.78 Å². The van der Waals surface area contributed by atoms with E-state index in [0.717, 1.165) is 5.39 Å². The largest absolute Gasteiger partial charge is 0.489 e. The molecule has 5 rings (SSSR count). The molecule has 0 atom stereocenters. The van der Waals surface area contributed by atoms with Crippen LogP contribution in [0.25, 0.3) is 33.5 Å². The first-order valence-electron chi connectivity index (χ1n) is 10.7. The van der Waals surface area contributed by atoms with Gasteiger partial charge in [0.15, 0.2) is 5.76 Å². The van der Waals surface area contributed by atoms with E-state index in [-0.39, 0.29) is 17.5 Å². The molecule has 0 aliphatic rings. The molecule has 2 aromatic heterocycles. The fourth-order valence-electron chi connectivity index (χ4n) is 3.67. The fourth-order valence-corrected chi connectivity index (χ4v) is 4.78. The number of ether oxygens (including phenoxy) is 1. The topological polar surface area (TPSA) is 69.6 Å². The molecule has 6 nitrogen and oxygen atoms in total. The van der Waals surface area contributed by atoms with Crippen molar-refractivity contribution in [2.45, 2.75) is 20.0 Å². The van der Waals surface area contributed by atoms with Crippen LogP contribution in [0.4, 0.5) is 0 Å². The predicted octanol–water partition coefficient (Wildman–Crippen LogP) is 7.55. The van der Waals surface area contributed by atoms with E-state index in [0.29, 0.717) is 48.1 Å². The minimum Gasteiger partial charge on any atom is -0.489 e. The van der Waals surface area contributed by atoms with Crippen LogP contribution in [0, 0.1) is 0 Å². The molecule has 3 aromatic carbocycles. The predicted molar refractivity (Wildman–Crippen MR) is 144 cm³/mol. The third-order valence-electron chi connectivity index (χ3n) is 5.16. The highest BCUT2D eigenvalue weighted by Crippen LogP contribution is 2.33. The molecule has 9 heteroatoms. The maximum Gasteiger partial charge on any atom is 0.282 e. The summed E-state index contributed by atoms with van der Waals surface area (Å²) in [5.74, 6) is 1.20. The van der Waals surface area contributed by atoms with Crippen LogP contribution in [0.2, 0.25) is 10.0 Å². The molecule has 0 radical (unpaired) electrons. The Labute approximate surface area is 218 Å². The van der Waals surface area contributed by atoms with Crippen molar-refractivity contribution in [2.75, 3.05) is 0 Å². The van der Waals surface area contributed by atoms with Crippen molar-refractivity contribution < 1.29 is 9.15 Å². The number of rotatable bonds is 5. The van der Waals surface area contributed by atoms with Gasteiger partial charge < -0.3 is 9.15 Å². The number of hydrogen-bond donors (Lipinski definition) is 0. The van der Waals surface area contributed by atoms with E-state index < -0.39 is 0 Å². The second-order valence-electron chi connectivity index (χ2n) is 8.08. The van der Waals surface area contributed by atoms with Crippen LogP contribution in [0.1, 0.15) is 19.4 Å². The normalized spacial score (nSPS) is 11.8. The van der Waals surface area contributed by atoms with Crippen molar-refractivity contribution in [3.05, 3.63) is 91.1 Å². The Bertz CT molecular complexity index is 1670. The molecule has 0 saturated carbocycles. The minimum atomic E-state index is -0.340. The maximum absolute atomic E-state index is 13.5. The maximum atomic E-state index is 13.5. The van der Waals surface area contributed by atoms with E-state index in [9.17, 15) is 4.79 Å². The summed E-state index contributed by atoms with van der Waals surface area (Å²) in [7, 11) is 0. The van der Waals surface area contributed by atoms with Gasteiger partial charge in [0.25, 0.3) is 5.56 Å². The second-order valence-corrected chi connectivity index (χ2v) is 9.81. The molecule has 2 heterocycles. The molecule has 0 aliphatic carbocycles. The summed E-state index contributed by atoms with van der Waals surface area (Å²) in [6, 6.07) is 17.6. The SMILES string of the molecule is CC(C)Oc1c(Br)cc(Cl)cc1C=Nn1c(-c2cc3cc(Cl)ccc3o2)nc2ccccc2c1=O. The molecule has 0 bridgehead atoms. The van der Waals surface area contributed by atoms with E-state index in [1.807, 2.05) is 19.9 Å². The van der Waals surface area contributed by atoms with Crippen molar-refractivity contribution in [3.63, 3.8) is 0 Å². The third kappa shape index (κ3) is 4.72. The summed E-state index contributed by atoms with van der Waals surface area (Å²) in [4.78, 5) is 18.2. The van der Waals surface area contributed by atoms with Gasteiger partial charge in [-0.15, -0.1) is 0 Å². The molecule has 0 aliphatic heterocycles. The third-order valence-corrected chi connectivity index (χ3v) is 6.20. The first-order valence-corrected chi connectivity index (χ1v) is 12.3. The lowest BCUT2D eigenvalue weighted by molar-refractivity contribution is 0.240. The molecule has 0 saturated heterocycles. The van der Waals surface area contributed by atoms with Gasteiger partial charge in [-0.1, -0.05) is 35.3 Å². The van der Waals surface area contributed by atoms with Crippen molar-refractivity contribution in [2.24, 2.45) is 5.10 Å². The average Bonchev–Trinajstić information content (AvgIpc) is 3.23. The molecule has 0 amide bonds. The zero-order valence-corrected chi connectivity index (χ0v) is 21.7. The molecule has 5 aromatic rings. The average molecular weight is 571 g/mol. The van der Waals surface area contributed by atoms with Crippen LogP contribution in [-0.2, 0) is 0 Å². The highest BCUT2D eigenvalue weighted by atomic mass is 79.9. The molecule has 0 unspecified atom stereocenters. The number of halogens is 3. The van der Waals surface area contributed by atoms with Crippen molar-refractivity contribution in [3.8, 4) is 17.3 Å².